The van der Waals surface area contributed by atoms with E-state index in [0.717, 1.165) is 32.5 Å². The zero-order valence-corrected chi connectivity index (χ0v) is 18.2. The maximum absolute atomic E-state index is 14.0. The van der Waals surface area contributed by atoms with Gasteiger partial charge < -0.3 is 20.3 Å². The molecule has 7 nitrogen and oxygen atoms in total. The van der Waals surface area contributed by atoms with Gasteiger partial charge in [-0.15, -0.1) is 0 Å². The third-order valence-corrected chi connectivity index (χ3v) is 5.67. The van der Waals surface area contributed by atoms with Crippen LogP contribution in [0.1, 0.15) is 44.0 Å². The molecular formula is C22H33FN4O3. The van der Waals surface area contributed by atoms with E-state index in [9.17, 15) is 14.0 Å². The molecule has 1 aromatic rings. The van der Waals surface area contributed by atoms with E-state index in [-0.39, 0.29) is 17.6 Å². The van der Waals surface area contributed by atoms with Gasteiger partial charge in [0.1, 0.15) is 11.4 Å². The molecule has 2 saturated heterocycles. The van der Waals surface area contributed by atoms with Crippen molar-refractivity contribution in [2.75, 3.05) is 51.5 Å². The van der Waals surface area contributed by atoms with Crippen LogP contribution in [0.2, 0.25) is 0 Å². The van der Waals surface area contributed by atoms with Crippen LogP contribution >= 0.6 is 0 Å². The summed E-state index contributed by atoms with van der Waals surface area (Å²) in [7, 11) is 0. The summed E-state index contributed by atoms with van der Waals surface area (Å²) in [5.74, 6) is -0.322. The topological polar surface area (TPSA) is 79.1 Å². The Bertz CT molecular complexity index is 764. The maximum Gasteiger partial charge on any atom is 0.410 e. The molecule has 2 amide bonds. The second-order valence-corrected chi connectivity index (χ2v) is 9.24. The van der Waals surface area contributed by atoms with Crippen LogP contribution < -0.4 is 5.73 Å². The fourth-order valence-corrected chi connectivity index (χ4v) is 4.00. The monoisotopic (exact) mass is 420 g/mol. The number of nitrogen functional groups attached to an aromatic ring is 1. The van der Waals surface area contributed by atoms with Crippen LogP contribution in [0.4, 0.5) is 14.9 Å². The van der Waals surface area contributed by atoms with Crippen LogP contribution in [0.5, 0.6) is 0 Å². The summed E-state index contributed by atoms with van der Waals surface area (Å²) in [5, 5.41) is 0. The second kappa shape index (κ2) is 9.20. The fourth-order valence-electron chi connectivity index (χ4n) is 4.00. The van der Waals surface area contributed by atoms with Gasteiger partial charge in [0.05, 0.1) is 5.56 Å². The van der Waals surface area contributed by atoms with E-state index in [1.807, 2.05) is 20.8 Å². The van der Waals surface area contributed by atoms with Crippen molar-refractivity contribution in [1.82, 2.24) is 14.7 Å². The van der Waals surface area contributed by atoms with Crippen LogP contribution in [0.25, 0.3) is 0 Å². The van der Waals surface area contributed by atoms with Gasteiger partial charge in [-0.05, 0) is 57.7 Å². The van der Waals surface area contributed by atoms with E-state index in [2.05, 4.69) is 4.90 Å². The van der Waals surface area contributed by atoms with Gasteiger partial charge in [0.25, 0.3) is 5.91 Å². The van der Waals surface area contributed by atoms with Crippen molar-refractivity contribution in [3.05, 3.63) is 29.6 Å². The molecule has 0 aliphatic carbocycles. The molecule has 2 fully saturated rings. The molecule has 2 aliphatic rings. The van der Waals surface area contributed by atoms with Crippen molar-refractivity contribution < 1.29 is 18.7 Å². The van der Waals surface area contributed by atoms with E-state index >= 15 is 0 Å². The van der Waals surface area contributed by atoms with Crippen LogP contribution in [0, 0.1) is 11.7 Å². The average molecular weight is 421 g/mol. The Morgan fingerprint density at radius 2 is 1.70 bits per heavy atom. The lowest BCUT2D eigenvalue weighted by atomic mass is 9.96. The molecule has 2 aliphatic heterocycles. The quantitative estimate of drug-likeness (QED) is 0.761. The summed E-state index contributed by atoms with van der Waals surface area (Å²) < 4.78 is 19.5. The molecule has 0 bridgehead atoms. The molecule has 0 aromatic heterocycles. The highest BCUT2D eigenvalue weighted by Crippen LogP contribution is 2.22. The predicted octanol–water partition coefficient (Wildman–Crippen LogP) is 2.81. The van der Waals surface area contributed by atoms with Crippen LogP contribution in [0.15, 0.2) is 18.2 Å². The van der Waals surface area contributed by atoms with Crippen molar-refractivity contribution in [2.24, 2.45) is 5.92 Å². The summed E-state index contributed by atoms with van der Waals surface area (Å²) in [4.78, 5) is 30.7. The van der Waals surface area contributed by atoms with E-state index in [4.69, 9.17) is 10.5 Å². The summed E-state index contributed by atoms with van der Waals surface area (Å²) in [5.41, 5.74) is 5.48. The van der Waals surface area contributed by atoms with Gasteiger partial charge in [-0.3, -0.25) is 9.69 Å². The Hall–Kier alpha value is -2.35. The highest BCUT2D eigenvalue weighted by Gasteiger charge is 2.29. The number of likely N-dealkylation sites (tertiary alicyclic amines) is 1. The SMILES string of the molecule is CC(C)(C)OC(=O)N1CCC(CN2CCN(C(=O)c3ccc(N)cc3F)CC2)CC1. The lowest BCUT2D eigenvalue weighted by molar-refractivity contribution is 0.0161. The summed E-state index contributed by atoms with van der Waals surface area (Å²) in [6.45, 7) is 10.7. The zero-order valence-electron chi connectivity index (χ0n) is 18.2. The van der Waals surface area contributed by atoms with Crippen molar-refractivity contribution in [2.45, 2.75) is 39.2 Å². The molecule has 2 heterocycles. The lowest BCUT2D eigenvalue weighted by Crippen LogP contribution is -2.51. The Balaban J connectivity index is 1.42. The Morgan fingerprint density at radius 3 is 2.27 bits per heavy atom. The molecule has 3 rings (SSSR count). The number of benzene rings is 1. The van der Waals surface area contributed by atoms with Crippen LogP contribution in [0.3, 0.4) is 0 Å². The number of hydrogen-bond donors (Lipinski definition) is 1. The molecule has 0 saturated carbocycles. The number of carbonyl (C=O) groups excluding carboxylic acids is 2. The van der Waals surface area contributed by atoms with E-state index in [0.29, 0.717) is 37.8 Å². The first-order valence-electron chi connectivity index (χ1n) is 10.7. The van der Waals surface area contributed by atoms with Gasteiger partial charge in [0, 0.05) is 51.5 Å². The van der Waals surface area contributed by atoms with Crippen molar-refractivity contribution in [1.29, 1.82) is 0 Å². The summed E-state index contributed by atoms with van der Waals surface area (Å²) >= 11 is 0. The minimum absolute atomic E-state index is 0.0761. The van der Waals surface area contributed by atoms with Crippen molar-refractivity contribution in [3.8, 4) is 0 Å². The smallest absolute Gasteiger partial charge is 0.410 e. The first-order valence-corrected chi connectivity index (χ1v) is 10.7. The third kappa shape index (κ3) is 5.84. The van der Waals surface area contributed by atoms with Crippen molar-refractivity contribution in [3.63, 3.8) is 0 Å². The third-order valence-electron chi connectivity index (χ3n) is 5.67. The average Bonchev–Trinajstić information content (AvgIpc) is 2.67. The number of nitrogens with two attached hydrogens (primary N) is 1. The van der Waals surface area contributed by atoms with Gasteiger partial charge in [0.15, 0.2) is 0 Å². The van der Waals surface area contributed by atoms with E-state index < -0.39 is 11.4 Å². The molecular weight excluding hydrogens is 387 g/mol. The molecule has 166 valence electrons. The van der Waals surface area contributed by atoms with Gasteiger partial charge in [-0.25, -0.2) is 9.18 Å². The molecule has 0 spiro atoms. The zero-order chi connectivity index (χ0) is 21.9. The van der Waals surface area contributed by atoms with E-state index in [1.165, 1.54) is 12.1 Å². The number of piperazine rings is 1. The number of halogens is 1. The largest absolute Gasteiger partial charge is 0.444 e. The van der Waals surface area contributed by atoms with E-state index in [1.54, 1.807) is 15.9 Å². The van der Waals surface area contributed by atoms with Gasteiger partial charge in [0.2, 0.25) is 0 Å². The normalized spacial score (nSPS) is 19.1. The number of rotatable bonds is 3. The van der Waals surface area contributed by atoms with Gasteiger partial charge in [-0.2, -0.15) is 0 Å². The number of nitrogens with zero attached hydrogens (tertiary/aromatic N) is 3. The first-order chi connectivity index (χ1) is 14.1. The molecule has 30 heavy (non-hydrogen) atoms. The Morgan fingerprint density at radius 1 is 1.07 bits per heavy atom. The van der Waals surface area contributed by atoms with Crippen LogP contribution in [-0.2, 0) is 4.74 Å². The molecule has 0 unspecified atom stereocenters. The minimum Gasteiger partial charge on any atom is -0.444 e. The minimum atomic E-state index is -0.570. The fraction of sp³-hybridized carbons (Fsp3) is 0.636. The number of piperidine rings is 1. The number of ether oxygens (including phenoxy) is 1. The second-order valence-electron chi connectivity index (χ2n) is 9.24. The predicted molar refractivity (Wildman–Crippen MR) is 114 cm³/mol. The molecule has 0 atom stereocenters. The van der Waals surface area contributed by atoms with Crippen LogP contribution in [-0.4, -0.2) is 78.1 Å². The number of hydrogen-bond acceptors (Lipinski definition) is 5. The molecule has 8 heteroatoms. The Kier molecular flexibility index (Phi) is 6.85. The number of carbonyl (C=O) groups is 2. The standard InChI is InChI=1S/C22H33FN4O3/c1-22(2,3)30-21(29)27-8-6-16(7-9-27)15-25-10-12-26(13-11-25)20(28)18-5-4-17(24)14-19(18)23/h4-5,14,16H,6-13,15,24H2,1-3H3. The van der Waals surface area contributed by atoms with Gasteiger partial charge in [-0.1, -0.05) is 0 Å². The van der Waals surface area contributed by atoms with Gasteiger partial charge >= 0.3 is 6.09 Å². The molecule has 2 N–H and O–H groups in total. The van der Waals surface area contributed by atoms with Crippen molar-refractivity contribution >= 4 is 17.7 Å². The highest BCUT2D eigenvalue weighted by molar-refractivity contribution is 5.94. The number of amides is 2. The highest BCUT2D eigenvalue weighted by atomic mass is 19.1. The summed E-state index contributed by atoms with van der Waals surface area (Å²) in [6, 6.07) is 4.20. The molecule has 1 aromatic carbocycles. The molecule has 0 radical (unpaired) electrons. The summed E-state index contributed by atoms with van der Waals surface area (Å²) in [6.07, 6.45) is 1.67. The lowest BCUT2D eigenvalue weighted by Gasteiger charge is -2.39. The maximum atomic E-state index is 14.0. The number of anilines is 1. The Labute approximate surface area is 177 Å². The first kappa shape index (κ1) is 22.3.